The molecule has 1 rings (SSSR count). The van der Waals surface area contributed by atoms with Gasteiger partial charge in [-0.25, -0.2) is 0 Å². The Kier molecular flexibility index (Phi) is 3.63. The Bertz CT molecular complexity index is 272. The summed E-state index contributed by atoms with van der Waals surface area (Å²) in [5.74, 6) is 0. The van der Waals surface area contributed by atoms with Gasteiger partial charge in [0.2, 0.25) is 0 Å². The zero-order chi connectivity index (χ0) is 10.6. The number of aliphatic hydroxyl groups is 1. The lowest BCUT2D eigenvalue weighted by Gasteiger charge is -2.29. The molecule has 3 heteroatoms. The maximum atomic E-state index is 11.6. The third-order valence-electron chi connectivity index (χ3n) is 2.23. The lowest BCUT2D eigenvalue weighted by Crippen LogP contribution is -2.43. The first-order valence-electron chi connectivity index (χ1n) is 4.66. The molecule has 0 aliphatic carbocycles. The molecule has 0 aliphatic heterocycles. The first-order chi connectivity index (χ1) is 6.56. The molecule has 1 aromatic carbocycles. The zero-order valence-electron chi connectivity index (χ0n) is 8.60. The van der Waals surface area contributed by atoms with Gasteiger partial charge in [-0.05, 0) is 19.4 Å². The van der Waals surface area contributed by atoms with Crippen LogP contribution in [0.25, 0.3) is 0 Å². The van der Waals surface area contributed by atoms with E-state index in [0.29, 0.717) is 6.54 Å². The molecular formula is C11H16NO2. The Morgan fingerprint density at radius 1 is 1.29 bits per heavy atom. The first-order valence-corrected chi connectivity index (χ1v) is 4.66. The van der Waals surface area contributed by atoms with Crippen molar-refractivity contribution in [3.05, 3.63) is 35.9 Å². The Labute approximate surface area is 84.6 Å². The Balaban J connectivity index is 2.62. The van der Waals surface area contributed by atoms with Gasteiger partial charge in [-0.15, -0.1) is 10.3 Å². The summed E-state index contributed by atoms with van der Waals surface area (Å²) < 4.78 is 0. The molecule has 0 spiro atoms. The van der Waals surface area contributed by atoms with Gasteiger partial charge < -0.3 is 5.11 Å². The summed E-state index contributed by atoms with van der Waals surface area (Å²) in [6.07, 6.45) is 0. The van der Waals surface area contributed by atoms with Crippen molar-refractivity contribution < 1.29 is 10.3 Å². The molecule has 1 radical (unpaired) electrons. The molecule has 0 fully saturated rings. The summed E-state index contributed by atoms with van der Waals surface area (Å²) in [6, 6.07) is 9.51. The molecular weight excluding hydrogens is 178 g/mol. The van der Waals surface area contributed by atoms with Gasteiger partial charge in [-0.3, -0.25) is 0 Å². The predicted molar refractivity (Wildman–Crippen MR) is 53.8 cm³/mol. The average Bonchev–Trinajstić information content (AvgIpc) is 2.19. The minimum absolute atomic E-state index is 0.136. The molecule has 1 N–H and O–H groups in total. The second-order valence-corrected chi connectivity index (χ2v) is 3.99. The number of hydroxylamine groups is 2. The van der Waals surface area contributed by atoms with Crippen LogP contribution in [-0.2, 0) is 11.8 Å². The number of nitrogens with zero attached hydrogens (tertiary/aromatic N) is 1. The van der Waals surface area contributed by atoms with Crippen LogP contribution < -0.4 is 0 Å². The minimum atomic E-state index is -0.712. The highest BCUT2D eigenvalue weighted by molar-refractivity contribution is 5.14. The van der Waals surface area contributed by atoms with Crippen LogP contribution >= 0.6 is 0 Å². The maximum Gasteiger partial charge on any atom is 0.0671 e. The van der Waals surface area contributed by atoms with Gasteiger partial charge in [0.1, 0.15) is 0 Å². The summed E-state index contributed by atoms with van der Waals surface area (Å²) in [4.78, 5) is 0. The number of hydrogen-bond acceptors (Lipinski definition) is 2. The van der Waals surface area contributed by atoms with E-state index in [1.807, 2.05) is 30.3 Å². The van der Waals surface area contributed by atoms with E-state index >= 15 is 0 Å². The smallest absolute Gasteiger partial charge is 0.0671 e. The van der Waals surface area contributed by atoms with Crippen LogP contribution in [0.3, 0.4) is 0 Å². The lowest BCUT2D eigenvalue weighted by molar-refractivity contribution is -0.233. The van der Waals surface area contributed by atoms with E-state index < -0.39 is 5.54 Å². The van der Waals surface area contributed by atoms with Crippen molar-refractivity contribution >= 4 is 0 Å². The molecule has 3 nitrogen and oxygen atoms in total. The van der Waals surface area contributed by atoms with Crippen LogP contribution in [0.4, 0.5) is 0 Å². The Hall–Kier alpha value is -0.900. The summed E-state index contributed by atoms with van der Waals surface area (Å²) in [6.45, 7) is 3.63. The van der Waals surface area contributed by atoms with Crippen molar-refractivity contribution in [2.24, 2.45) is 0 Å². The number of hydrogen-bond donors (Lipinski definition) is 1. The fourth-order valence-corrected chi connectivity index (χ4v) is 1.04. The second kappa shape index (κ2) is 4.55. The third-order valence-corrected chi connectivity index (χ3v) is 2.23. The first kappa shape index (κ1) is 11.2. The summed E-state index contributed by atoms with van der Waals surface area (Å²) in [7, 11) is 0. The molecule has 0 atom stereocenters. The van der Waals surface area contributed by atoms with E-state index in [-0.39, 0.29) is 6.61 Å². The molecule has 0 aliphatic rings. The van der Waals surface area contributed by atoms with Gasteiger partial charge in [0.25, 0.3) is 0 Å². The quantitative estimate of drug-likeness (QED) is 0.740. The number of aliphatic hydroxyl groups excluding tert-OH is 1. The van der Waals surface area contributed by atoms with Crippen LogP contribution in [0.15, 0.2) is 30.3 Å². The van der Waals surface area contributed by atoms with Crippen LogP contribution in [0.5, 0.6) is 0 Å². The van der Waals surface area contributed by atoms with E-state index in [1.54, 1.807) is 13.8 Å². The molecule has 1 aromatic rings. The summed E-state index contributed by atoms with van der Waals surface area (Å²) in [5, 5.41) is 21.5. The van der Waals surface area contributed by atoms with Crippen molar-refractivity contribution in [3.8, 4) is 0 Å². The second-order valence-electron chi connectivity index (χ2n) is 3.99. The van der Waals surface area contributed by atoms with Crippen LogP contribution in [0, 0.1) is 0 Å². The third kappa shape index (κ3) is 2.80. The van der Waals surface area contributed by atoms with Gasteiger partial charge in [0.15, 0.2) is 0 Å². The Morgan fingerprint density at radius 3 is 2.36 bits per heavy atom. The molecule has 0 heterocycles. The maximum absolute atomic E-state index is 11.6. The summed E-state index contributed by atoms with van der Waals surface area (Å²) >= 11 is 0. The monoisotopic (exact) mass is 194 g/mol. The topological polar surface area (TPSA) is 43.4 Å². The van der Waals surface area contributed by atoms with E-state index in [0.717, 1.165) is 10.6 Å². The van der Waals surface area contributed by atoms with E-state index in [2.05, 4.69) is 0 Å². The van der Waals surface area contributed by atoms with Gasteiger partial charge in [0, 0.05) is 0 Å². The van der Waals surface area contributed by atoms with Crippen LogP contribution in [0.1, 0.15) is 19.4 Å². The number of benzene rings is 1. The van der Waals surface area contributed by atoms with Crippen molar-refractivity contribution in [2.75, 3.05) is 6.61 Å². The van der Waals surface area contributed by atoms with Crippen molar-refractivity contribution in [1.29, 1.82) is 0 Å². The Morgan fingerprint density at radius 2 is 1.86 bits per heavy atom. The van der Waals surface area contributed by atoms with Gasteiger partial charge >= 0.3 is 0 Å². The molecule has 0 aromatic heterocycles. The normalized spacial score (nSPS) is 12.1. The van der Waals surface area contributed by atoms with Crippen LogP contribution in [-0.4, -0.2) is 22.3 Å². The fourth-order valence-electron chi connectivity index (χ4n) is 1.04. The van der Waals surface area contributed by atoms with Crippen molar-refractivity contribution in [1.82, 2.24) is 5.06 Å². The zero-order valence-corrected chi connectivity index (χ0v) is 8.60. The average molecular weight is 194 g/mol. The molecule has 0 amide bonds. The fraction of sp³-hybridized carbons (Fsp3) is 0.455. The predicted octanol–water partition coefficient (Wildman–Crippen LogP) is 1.60. The molecule has 0 saturated heterocycles. The standard InChI is InChI=1S/C11H16NO2/c1-11(2,9-13)12(14)8-10-6-4-3-5-7-10/h3-7,13H,8-9H2,1-2H3. The molecule has 0 unspecified atom stereocenters. The van der Waals surface area contributed by atoms with Crippen LogP contribution in [0.2, 0.25) is 0 Å². The highest BCUT2D eigenvalue weighted by atomic mass is 16.5. The van der Waals surface area contributed by atoms with E-state index in [9.17, 15) is 5.21 Å². The van der Waals surface area contributed by atoms with Crippen molar-refractivity contribution in [2.45, 2.75) is 25.9 Å². The van der Waals surface area contributed by atoms with Crippen molar-refractivity contribution in [3.63, 3.8) is 0 Å². The van der Waals surface area contributed by atoms with E-state index in [4.69, 9.17) is 5.11 Å². The SMILES string of the molecule is CC(C)(CO)N([O])Cc1ccccc1. The highest BCUT2D eigenvalue weighted by Crippen LogP contribution is 2.14. The molecule has 0 bridgehead atoms. The largest absolute Gasteiger partial charge is 0.394 e. The highest BCUT2D eigenvalue weighted by Gasteiger charge is 2.25. The van der Waals surface area contributed by atoms with E-state index in [1.165, 1.54) is 0 Å². The molecule has 14 heavy (non-hydrogen) atoms. The number of rotatable bonds is 4. The molecule has 77 valence electrons. The minimum Gasteiger partial charge on any atom is -0.394 e. The summed E-state index contributed by atoms with van der Waals surface area (Å²) in [5.41, 5.74) is 0.250. The molecule has 0 saturated carbocycles. The lowest BCUT2D eigenvalue weighted by atomic mass is 10.1. The van der Waals surface area contributed by atoms with Gasteiger partial charge in [0.05, 0.1) is 18.7 Å². The van der Waals surface area contributed by atoms with Gasteiger partial charge in [-0.2, -0.15) is 0 Å². The van der Waals surface area contributed by atoms with Gasteiger partial charge in [-0.1, -0.05) is 30.3 Å².